The third-order valence-corrected chi connectivity index (χ3v) is 8.89. The van der Waals surface area contributed by atoms with Gasteiger partial charge in [0, 0.05) is 22.6 Å². The maximum atomic E-state index is 13.2. The Labute approximate surface area is 171 Å². The van der Waals surface area contributed by atoms with E-state index in [0.29, 0.717) is 33.8 Å². The first-order valence-electron chi connectivity index (χ1n) is 8.55. The van der Waals surface area contributed by atoms with Crippen LogP contribution in [0.25, 0.3) is 0 Å². The Bertz CT molecular complexity index is 774. The molecule has 0 saturated carbocycles. The van der Waals surface area contributed by atoms with E-state index < -0.39 is 6.10 Å². The van der Waals surface area contributed by atoms with Crippen molar-refractivity contribution in [1.29, 1.82) is 0 Å². The normalized spacial score (nSPS) is 21.1. The number of thioether (sulfide) groups is 3. The highest BCUT2D eigenvalue weighted by Gasteiger charge is 2.31. The summed E-state index contributed by atoms with van der Waals surface area (Å²) in [5.74, 6) is 0.0964. The van der Waals surface area contributed by atoms with Gasteiger partial charge in [-0.3, -0.25) is 9.59 Å². The van der Waals surface area contributed by atoms with E-state index in [9.17, 15) is 14.7 Å². The number of Topliss-reactive ketones (excluding diaryl/α,β-unsaturated/α-hetero) is 2. The molecule has 2 aliphatic rings. The molecule has 1 aliphatic carbocycles. The number of benzene rings is 1. The summed E-state index contributed by atoms with van der Waals surface area (Å²) in [5.41, 5.74) is 1.72. The van der Waals surface area contributed by atoms with E-state index in [-0.39, 0.29) is 17.1 Å². The summed E-state index contributed by atoms with van der Waals surface area (Å²) in [5, 5.41) is 10.0. The molecule has 0 bridgehead atoms. The van der Waals surface area contributed by atoms with Crippen molar-refractivity contribution < 1.29 is 14.7 Å². The van der Waals surface area contributed by atoms with Crippen LogP contribution in [-0.4, -0.2) is 39.4 Å². The van der Waals surface area contributed by atoms with E-state index in [1.807, 2.05) is 6.07 Å². The average Bonchev–Trinajstić information content (AvgIpc) is 3.04. The van der Waals surface area contributed by atoms with Gasteiger partial charge in [0.1, 0.15) is 0 Å². The van der Waals surface area contributed by atoms with E-state index in [1.165, 1.54) is 11.8 Å². The molecule has 1 aromatic carbocycles. The highest BCUT2D eigenvalue weighted by Crippen LogP contribution is 2.46. The van der Waals surface area contributed by atoms with Gasteiger partial charge in [0.15, 0.2) is 11.6 Å². The number of hydrogen-bond acceptors (Lipinski definition) is 6. The second kappa shape index (κ2) is 8.74. The van der Waals surface area contributed by atoms with Crippen molar-refractivity contribution in [2.45, 2.75) is 48.2 Å². The third kappa shape index (κ3) is 4.20. The second-order valence-corrected chi connectivity index (χ2v) is 10.5. The van der Waals surface area contributed by atoms with Gasteiger partial charge < -0.3 is 5.11 Å². The highest BCUT2D eigenvalue weighted by atomic mass is 35.5. The molecule has 0 fully saturated rings. The summed E-state index contributed by atoms with van der Waals surface area (Å²) >= 11 is 11.6. The number of hydrogen-bond donors (Lipinski definition) is 1. The number of carbonyl (C=O) groups is 2. The number of aliphatic hydroxyl groups excluding tert-OH is 1. The van der Waals surface area contributed by atoms with Gasteiger partial charge in [-0.1, -0.05) is 11.6 Å². The first kappa shape index (κ1) is 20.3. The lowest BCUT2D eigenvalue weighted by Gasteiger charge is -2.19. The van der Waals surface area contributed by atoms with Crippen LogP contribution in [0.4, 0.5) is 0 Å². The fourth-order valence-electron chi connectivity index (χ4n) is 3.13. The predicted octanol–water partition coefficient (Wildman–Crippen LogP) is 4.98. The van der Waals surface area contributed by atoms with Crippen LogP contribution in [0.2, 0.25) is 5.02 Å². The van der Waals surface area contributed by atoms with E-state index >= 15 is 0 Å². The van der Waals surface area contributed by atoms with Gasteiger partial charge in [-0.25, -0.2) is 0 Å². The molecule has 2 atom stereocenters. The molecule has 140 valence electrons. The van der Waals surface area contributed by atoms with Crippen LogP contribution in [0, 0.1) is 0 Å². The maximum absolute atomic E-state index is 13.2. The number of aliphatic hydroxyl groups is 1. The Morgan fingerprint density at radius 1 is 1.42 bits per heavy atom. The van der Waals surface area contributed by atoms with Crippen molar-refractivity contribution in [2.24, 2.45) is 0 Å². The van der Waals surface area contributed by atoms with Crippen LogP contribution in [0.5, 0.6) is 0 Å². The van der Waals surface area contributed by atoms with E-state index in [4.69, 9.17) is 11.6 Å². The summed E-state index contributed by atoms with van der Waals surface area (Å²) in [6, 6.07) is 3.71. The first-order valence-corrected chi connectivity index (χ1v) is 12.1. The van der Waals surface area contributed by atoms with Gasteiger partial charge in [0.05, 0.1) is 21.3 Å². The molecule has 0 amide bonds. The topological polar surface area (TPSA) is 54.4 Å². The van der Waals surface area contributed by atoms with E-state index in [0.717, 1.165) is 28.2 Å². The smallest absolute Gasteiger partial charge is 0.198 e. The van der Waals surface area contributed by atoms with Crippen molar-refractivity contribution >= 4 is 58.5 Å². The minimum atomic E-state index is -0.482. The number of allylic oxidation sites excluding steroid dienone is 2. The monoisotopic (exact) mass is 428 g/mol. The molecule has 1 aromatic rings. The zero-order valence-electron chi connectivity index (χ0n) is 14.7. The largest absolute Gasteiger partial charge is 0.393 e. The van der Waals surface area contributed by atoms with Gasteiger partial charge in [0.2, 0.25) is 0 Å². The summed E-state index contributed by atoms with van der Waals surface area (Å²) < 4.78 is 0.417. The van der Waals surface area contributed by atoms with Crippen molar-refractivity contribution in [2.75, 3.05) is 12.0 Å². The fraction of sp³-hybridized carbons (Fsp3) is 0.474. The average molecular weight is 429 g/mol. The molecule has 0 spiro atoms. The molecule has 0 saturated heterocycles. The summed E-state index contributed by atoms with van der Waals surface area (Å²) in [4.78, 5) is 27.6. The molecule has 3 rings (SSSR count). The van der Waals surface area contributed by atoms with Gasteiger partial charge in [0.25, 0.3) is 0 Å². The molecular formula is C19H21ClO3S3. The zero-order valence-corrected chi connectivity index (χ0v) is 17.9. The molecular weight excluding hydrogens is 408 g/mol. The molecule has 0 radical (unpaired) electrons. The number of carbonyl (C=O) groups excluding carboxylic acids is 2. The molecule has 7 heteroatoms. The lowest BCUT2D eigenvalue weighted by Crippen LogP contribution is -2.20. The van der Waals surface area contributed by atoms with Crippen LogP contribution < -0.4 is 0 Å². The predicted molar refractivity (Wildman–Crippen MR) is 113 cm³/mol. The van der Waals surface area contributed by atoms with Crippen molar-refractivity contribution in [3.8, 4) is 0 Å². The summed E-state index contributed by atoms with van der Waals surface area (Å²) in [6.45, 7) is 1.71. The van der Waals surface area contributed by atoms with E-state index in [1.54, 1.807) is 36.5 Å². The van der Waals surface area contributed by atoms with Gasteiger partial charge in [-0.2, -0.15) is 11.8 Å². The van der Waals surface area contributed by atoms with Crippen molar-refractivity contribution in [1.82, 2.24) is 0 Å². The molecule has 0 aromatic heterocycles. The molecule has 26 heavy (non-hydrogen) atoms. The van der Waals surface area contributed by atoms with Crippen LogP contribution in [0.3, 0.4) is 0 Å². The van der Waals surface area contributed by atoms with Crippen LogP contribution in [-0.2, 0) is 11.2 Å². The summed E-state index contributed by atoms with van der Waals surface area (Å²) in [6.07, 6.45) is 4.27. The number of ketones is 2. The lowest BCUT2D eigenvalue weighted by atomic mass is 9.91. The van der Waals surface area contributed by atoms with Crippen molar-refractivity contribution in [3.05, 3.63) is 38.8 Å². The second-order valence-electron chi connectivity index (χ2n) is 6.46. The van der Waals surface area contributed by atoms with Crippen molar-refractivity contribution in [3.63, 3.8) is 0 Å². The number of rotatable bonds is 6. The lowest BCUT2D eigenvalue weighted by molar-refractivity contribution is -0.115. The Morgan fingerprint density at radius 3 is 2.88 bits per heavy atom. The molecule has 1 N–H and O–H groups in total. The maximum Gasteiger partial charge on any atom is 0.198 e. The molecule has 1 aliphatic heterocycles. The zero-order chi connectivity index (χ0) is 18.8. The number of fused-ring (bicyclic) bond motifs is 1. The van der Waals surface area contributed by atoms with Crippen LogP contribution >= 0.6 is 46.9 Å². The number of halogens is 1. The molecule has 2 unspecified atom stereocenters. The SMILES string of the molecule is CSC1Cc2c(ccc(C(=O)C3=C(SCC(C)O)CCCC3=O)c2Cl)S1. The Hall–Kier alpha value is -0.400. The third-order valence-electron chi connectivity index (χ3n) is 4.43. The molecule has 3 nitrogen and oxygen atoms in total. The minimum absolute atomic E-state index is 0.109. The first-order chi connectivity index (χ1) is 12.4. The molecule has 1 heterocycles. The van der Waals surface area contributed by atoms with Crippen LogP contribution in [0.15, 0.2) is 27.5 Å². The fourth-order valence-corrected chi connectivity index (χ4v) is 6.63. The van der Waals surface area contributed by atoms with Gasteiger partial charge in [-0.15, -0.1) is 23.5 Å². The Balaban J connectivity index is 1.96. The van der Waals surface area contributed by atoms with Gasteiger partial charge >= 0.3 is 0 Å². The summed E-state index contributed by atoms with van der Waals surface area (Å²) in [7, 11) is 0. The quantitative estimate of drug-likeness (QED) is 0.509. The highest BCUT2D eigenvalue weighted by molar-refractivity contribution is 8.17. The Kier molecular flexibility index (Phi) is 6.83. The standard InChI is InChI=1S/C19H21ClO3S3/c1-10(21)9-25-15-5-3-4-13(22)17(15)19(23)11-6-7-14-12(18(11)20)8-16(24-2)26-14/h6-7,10,16,21H,3-5,8-9H2,1-2H3. The minimum Gasteiger partial charge on any atom is -0.393 e. The van der Waals surface area contributed by atoms with Gasteiger partial charge in [-0.05, 0) is 55.0 Å². The van der Waals surface area contributed by atoms with E-state index in [2.05, 4.69) is 6.26 Å². The Morgan fingerprint density at radius 2 is 2.19 bits per heavy atom. The van der Waals surface area contributed by atoms with Crippen LogP contribution in [0.1, 0.15) is 42.1 Å².